The third kappa shape index (κ3) is 2.92. The summed E-state index contributed by atoms with van der Waals surface area (Å²) in [5.41, 5.74) is 2.24. The lowest BCUT2D eigenvalue weighted by molar-refractivity contribution is -0.120. The monoisotopic (exact) mass is 378 g/mol. The van der Waals surface area contributed by atoms with Crippen molar-refractivity contribution in [2.24, 2.45) is 5.92 Å². The van der Waals surface area contributed by atoms with Crippen LogP contribution in [0.5, 0.6) is 0 Å². The van der Waals surface area contributed by atoms with E-state index < -0.39 is 0 Å². The van der Waals surface area contributed by atoms with Gasteiger partial charge in [0, 0.05) is 10.9 Å². The molecule has 0 radical (unpaired) electrons. The van der Waals surface area contributed by atoms with Gasteiger partial charge < -0.3 is 0 Å². The van der Waals surface area contributed by atoms with E-state index in [2.05, 4.69) is 22.2 Å². The minimum atomic E-state index is -0.0859. The van der Waals surface area contributed by atoms with Gasteiger partial charge in [-0.3, -0.25) is 9.69 Å². The normalized spacial score (nSPS) is 21.7. The Labute approximate surface area is 162 Å². The lowest BCUT2D eigenvalue weighted by Crippen LogP contribution is -2.43. The van der Waals surface area contributed by atoms with E-state index in [1.807, 2.05) is 52.0 Å². The number of nitrogens with zero attached hydrogens (tertiary/aromatic N) is 4. The number of halogens is 1. The van der Waals surface area contributed by atoms with Crippen molar-refractivity contribution in [2.45, 2.75) is 31.3 Å². The molecular formula is C21H19ClN4O. The van der Waals surface area contributed by atoms with Gasteiger partial charge in [-0.2, -0.15) is 10.1 Å². The summed E-state index contributed by atoms with van der Waals surface area (Å²) in [6.45, 7) is 0. The van der Waals surface area contributed by atoms with Crippen molar-refractivity contribution in [1.82, 2.24) is 14.8 Å². The maximum absolute atomic E-state index is 13.1. The van der Waals surface area contributed by atoms with Crippen molar-refractivity contribution in [2.75, 3.05) is 4.90 Å². The summed E-state index contributed by atoms with van der Waals surface area (Å²) >= 11 is 6.09. The topological polar surface area (TPSA) is 51.0 Å². The van der Waals surface area contributed by atoms with Crippen LogP contribution in [0.25, 0.3) is 0 Å². The maximum Gasteiger partial charge on any atom is 0.233 e. The fourth-order valence-corrected chi connectivity index (χ4v) is 4.02. The van der Waals surface area contributed by atoms with Gasteiger partial charge in [-0.15, -0.1) is 0 Å². The molecule has 27 heavy (non-hydrogen) atoms. The van der Waals surface area contributed by atoms with Gasteiger partial charge in [-0.05, 0) is 42.5 Å². The van der Waals surface area contributed by atoms with E-state index in [1.165, 1.54) is 5.56 Å². The van der Waals surface area contributed by atoms with Crippen LogP contribution in [0.15, 0.2) is 60.9 Å². The minimum absolute atomic E-state index is 0.0348. The van der Waals surface area contributed by atoms with Crippen molar-refractivity contribution in [1.29, 1.82) is 0 Å². The van der Waals surface area contributed by atoms with Crippen LogP contribution in [-0.2, 0) is 4.79 Å². The quantitative estimate of drug-likeness (QED) is 0.678. The number of carbonyl (C=O) groups is 1. The van der Waals surface area contributed by atoms with Crippen LogP contribution in [0.4, 0.5) is 5.95 Å². The molecule has 3 aromatic rings. The van der Waals surface area contributed by atoms with E-state index in [0.29, 0.717) is 11.0 Å². The molecule has 5 nitrogen and oxygen atoms in total. The van der Waals surface area contributed by atoms with Crippen molar-refractivity contribution in [3.05, 3.63) is 77.1 Å². The molecule has 1 fully saturated rings. The first-order valence-electron chi connectivity index (χ1n) is 9.25. The molecule has 0 bridgehead atoms. The number of amides is 1. The molecule has 2 atom stereocenters. The number of carbonyl (C=O) groups excluding carboxylic acids is 1. The van der Waals surface area contributed by atoms with Crippen molar-refractivity contribution in [3.8, 4) is 0 Å². The number of rotatable bonds is 3. The predicted octanol–water partition coefficient (Wildman–Crippen LogP) is 4.41. The lowest BCUT2D eigenvalue weighted by Gasteiger charge is -2.39. The Morgan fingerprint density at radius 1 is 0.963 bits per heavy atom. The SMILES string of the molecule is O=C(C1CC1)N1c2ncnn2[C@@H](c2ccccc2)C[C@@H]1c1ccc(Cl)cc1. The zero-order chi connectivity index (χ0) is 18.4. The molecule has 0 spiro atoms. The Bertz CT molecular complexity index is 965. The Balaban J connectivity index is 1.63. The van der Waals surface area contributed by atoms with Crippen LogP contribution >= 0.6 is 11.6 Å². The van der Waals surface area contributed by atoms with Gasteiger partial charge in [0.1, 0.15) is 6.33 Å². The fourth-order valence-electron chi connectivity index (χ4n) is 3.89. The average molecular weight is 379 g/mol. The molecule has 1 aromatic heterocycles. The van der Waals surface area contributed by atoms with Crippen molar-refractivity contribution >= 4 is 23.5 Å². The zero-order valence-corrected chi connectivity index (χ0v) is 15.5. The number of benzene rings is 2. The first-order valence-corrected chi connectivity index (χ1v) is 9.63. The van der Waals surface area contributed by atoms with Crippen LogP contribution in [0, 0.1) is 5.92 Å². The first kappa shape index (κ1) is 16.5. The van der Waals surface area contributed by atoms with Gasteiger partial charge in [0.05, 0.1) is 12.1 Å². The molecule has 6 heteroatoms. The molecule has 2 aromatic carbocycles. The van der Waals surface area contributed by atoms with Crippen LogP contribution in [0.2, 0.25) is 5.02 Å². The van der Waals surface area contributed by atoms with E-state index in [9.17, 15) is 4.79 Å². The smallest absolute Gasteiger partial charge is 0.233 e. The van der Waals surface area contributed by atoms with Gasteiger partial charge in [-0.1, -0.05) is 54.1 Å². The summed E-state index contributed by atoms with van der Waals surface area (Å²) < 4.78 is 1.89. The largest absolute Gasteiger partial charge is 0.274 e. The van der Waals surface area contributed by atoms with Crippen LogP contribution in [-0.4, -0.2) is 20.7 Å². The third-order valence-corrected chi connectivity index (χ3v) is 5.68. The molecule has 136 valence electrons. The highest BCUT2D eigenvalue weighted by molar-refractivity contribution is 6.30. The third-order valence-electron chi connectivity index (χ3n) is 5.43. The molecule has 2 heterocycles. The molecule has 0 N–H and O–H groups in total. The van der Waals surface area contributed by atoms with Gasteiger partial charge in [0.15, 0.2) is 0 Å². The zero-order valence-electron chi connectivity index (χ0n) is 14.7. The second-order valence-corrected chi connectivity index (χ2v) is 7.65. The van der Waals surface area contributed by atoms with Gasteiger partial charge in [0.2, 0.25) is 11.9 Å². The van der Waals surface area contributed by atoms with E-state index in [0.717, 1.165) is 24.8 Å². The summed E-state index contributed by atoms with van der Waals surface area (Å²) in [4.78, 5) is 19.5. The van der Waals surface area contributed by atoms with Crippen LogP contribution < -0.4 is 4.90 Å². The van der Waals surface area contributed by atoms with Gasteiger partial charge in [-0.25, -0.2) is 4.68 Å². The minimum Gasteiger partial charge on any atom is -0.274 e. The highest BCUT2D eigenvalue weighted by Crippen LogP contribution is 2.44. The number of hydrogen-bond acceptors (Lipinski definition) is 3. The molecule has 0 saturated heterocycles. The fraction of sp³-hybridized carbons (Fsp3) is 0.286. The Morgan fingerprint density at radius 2 is 1.67 bits per heavy atom. The molecule has 1 amide bonds. The van der Waals surface area contributed by atoms with E-state index in [-0.39, 0.29) is 23.9 Å². The van der Waals surface area contributed by atoms with Gasteiger partial charge in [0.25, 0.3) is 0 Å². The Hall–Kier alpha value is -2.66. The van der Waals surface area contributed by atoms with E-state index in [1.54, 1.807) is 6.33 Å². The molecule has 1 aliphatic carbocycles. The molecule has 5 rings (SSSR count). The van der Waals surface area contributed by atoms with E-state index in [4.69, 9.17) is 11.6 Å². The molecule has 1 aliphatic heterocycles. The molecular weight excluding hydrogens is 360 g/mol. The first-order chi connectivity index (χ1) is 13.2. The average Bonchev–Trinajstić information content (AvgIpc) is 3.44. The highest BCUT2D eigenvalue weighted by atomic mass is 35.5. The number of hydrogen-bond donors (Lipinski definition) is 0. The van der Waals surface area contributed by atoms with Crippen LogP contribution in [0.1, 0.15) is 42.5 Å². The van der Waals surface area contributed by atoms with Crippen molar-refractivity contribution < 1.29 is 4.79 Å². The molecule has 2 aliphatic rings. The lowest BCUT2D eigenvalue weighted by atomic mass is 9.91. The number of fused-ring (bicyclic) bond motifs is 1. The molecule has 0 unspecified atom stereocenters. The summed E-state index contributed by atoms with van der Waals surface area (Å²) in [7, 11) is 0. The summed E-state index contributed by atoms with van der Waals surface area (Å²) in [5.74, 6) is 0.890. The summed E-state index contributed by atoms with van der Waals surface area (Å²) in [6.07, 6.45) is 4.21. The summed E-state index contributed by atoms with van der Waals surface area (Å²) in [5, 5.41) is 5.15. The predicted molar refractivity (Wildman–Crippen MR) is 104 cm³/mol. The second kappa shape index (κ2) is 6.50. The highest BCUT2D eigenvalue weighted by Gasteiger charge is 2.44. The van der Waals surface area contributed by atoms with Crippen LogP contribution in [0.3, 0.4) is 0 Å². The number of aromatic nitrogens is 3. The Kier molecular flexibility index (Phi) is 3.97. The Morgan fingerprint density at radius 3 is 2.37 bits per heavy atom. The summed E-state index contributed by atoms with van der Waals surface area (Å²) in [6, 6.07) is 18.0. The number of anilines is 1. The van der Waals surface area contributed by atoms with Crippen molar-refractivity contribution in [3.63, 3.8) is 0 Å². The second-order valence-electron chi connectivity index (χ2n) is 7.22. The van der Waals surface area contributed by atoms with E-state index >= 15 is 0 Å². The maximum atomic E-state index is 13.1. The molecule has 1 saturated carbocycles. The van der Waals surface area contributed by atoms with Gasteiger partial charge >= 0.3 is 0 Å². The standard InChI is InChI=1S/C21H19ClN4O/c22-17-10-8-15(9-11-17)18-12-19(14-4-2-1-3-5-14)26-21(23-13-24-26)25(18)20(27)16-6-7-16/h1-5,8-11,13,16,18-19H,6-7,12H2/t18-,19-/m1/s1.